The van der Waals surface area contributed by atoms with Crippen LogP contribution in [0, 0.1) is 11.8 Å². The maximum atomic E-state index is 13.3. The van der Waals surface area contributed by atoms with Crippen LogP contribution in [0.15, 0.2) is 17.5 Å². The summed E-state index contributed by atoms with van der Waals surface area (Å²) in [6.07, 6.45) is 3.67. The summed E-state index contributed by atoms with van der Waals surface area (Å²) in [6, 6.07) is -4.15. The predicted octanol–water partition coefficient (Wildman–Crippen LogP) is -1.43. The molecule has 14 nitrogen and oxygen atoms in total. The van der Waals surface area contributed by atoms with Gasteiger partial charge in [0.15, 0.2) is 5.96 Å². The SMILES string of the molecule is CC(C)CC(NC(=O)C(CCCN=C(N)N)NC(=O)C(Cc1cnc[nH]1)NC(=O)C(N)C(C)C)C(=O)O. The fraction of sp³-hybridized carbons (Fsp3) is 0.652. The van der Waals surface area contributed by atoms with Crippen LogP contribution in [0.3, 0.4) is 0 Å². The van der Waals surface area contributed by atoms with E-state index >= 15 is 0 Å². The van der Waals surface area contributed by atoms with Crippen LogP contribution in [-0.4, -0.2) is 75.4 Å². The van der Waals surface area contributed by atoms with Gasteiger partial charge >= 0.3 is 5.97 Å². The molecule has 0 fully saturated rings. The molecule has 4 atom stereocenters. The Hall–Kier alpha value is -3.68. The summed E-state index contributed by atoms with van der Waals surface area (Å²) < 4.78 is 0. The average Bonchev–Trinajstić information content (AvgIpc) is 3.31. The van der Waals surface area contributed by atoms with Gasteiger partial charge in [-0.05, 0) is 31.1 Å². The first-order chi connectivity index (χ1) is 17.3. The molecule has 0 aliphatic rings. The number of carbonyl (C=O) groups excluding carboxylic acids is 3. The monoisotopic (exact) mass is 523 g/mol. The molecule has 0 saturated carbocycles. The third kappa shape index (κ3) is 11.7. The van der Waals surface area contributed by atoms with Gasteiger partial charge in [0.2, 0.25) is 17.7 Å². The molecule has 1 rings (SSSR count). The van der Waals surface area contributed by atoms with E-state index in [2.05, 4.69) is 30.9 Å². The number of nitrogens with zero attached hydrogens (tertiary/aromatic N) is 2. The van der Waals surface area contributed by atoms with E-state index in [0.29, 0.717) is 12.1 Å². The third-order valence-electron chi connectivity index (χ3n) is 5.53. The summed E-state index contributed by atoms with van der Waals surface area (Å²) in [5.41, 5.74) is 17.2. The quantitative estimate of drug-likeness (QED) is 0.0718. The number of hydrogen-bond donors (Lipinski definition) is 8. The van der Waals surface area contributed by atoms with Crippen LogP contribution in [0.2, 0.25) is 0 Å². The predicted molar refractivity (Wildman–Crippen MR) is 138 cm³/mol. The van der Waals surface area contributed by atoms with E-state index in [1.54, 1.807) is 13.8 Å². The lowest BCUT2D eigenvalue weighted by atomic mass is 10.0. The summed E-state index contributed by atoms with van der Waals surface area (Å²) in [5.74, 6) is -3.29. The summed E-state index contributed by atoms with van der Waals surface area (Å²) in [6.45, 7) is 7.43. The zero-order valence-corrected chi connectivity index (χ0v) is 21.9. The maximum Gasteiger partial charge on any atom is 0.326 e. The van der Waals surface area contributed by atoms with Crippen molar-refractivity contribution in [3.05, 3.63) is 18.2 Å². The number of carbonyl (C=O) groups is 4. The number of aliphatic carboxylic acids is 1. The van der Waals surface area contributed by atoms with Crippen molar-refractivity contribution < 1.29 is 24.3 Å². The second-order valence-electron chi connectivity index (χ2n) is 9.65. The van der Waals surface area contributed by atoms with E-state index in [4.69, 9.17) is 17.2 Å². The van der Waals surface area contributed by atoms with Gasteiger partial charge in [-0.25, -0.2) is 9.78 Å². The van der Waals surface area contributed by atoms with Crippen LogP contribution in [-0.2, 0) is 25.6 Å². The molecule has 14 heteroatoms. The van der Waals surface area contributed by atoms with Gasteiger partial charge in [-0.2, -0.15) is 0 Å². The summed E-state index contributed by atoms with van der Waals surface area (Å²) in [5, 5.41) is 17.3. The maximum absolute atomic E-state index is 13.3. The van der Waals surface area contributed by atoms with E-state index in [-0.39, 0.29) is 43.6 Å². The Morgan fingerprint density at radius 3 is 2.11 bits per heavy atom. The fourth-order valence-electron chi connectivity index (χ4n) is 3.41. The first-order valence-corrected chi connectivity index (χ1v) is 12.2. The number of aliphatic imine (C=N–C) groups is 1. The molecule has 1 aromatic rings. The Kier molecular flexibility index (Phi) is 13.1. The molecule has 11 N–H and O–H groups in total. The molecule has 208 valence electrons. The van der Waals surface area contributed by atoms with Crippen molar-refractivity contribution in [2.75, 3.05) is 6.54 Å². The lowest BCUT2D eigenvalue weighted by molar-refractivity contribution is -0.142. The topological polar surface area (TPSA) is 244 Å². The number of aromatic amines is 1. The molecule has 0 aliphatic heterocycles. The van der Waals surface area contributed by atoms with Crippen molar-refractivity contribution in [2.24, 2.45) is 34.0 Å². The first-order valence-electron chi connectivity index (χ1n) is 12.2. The molecule has 37 heavy (non-hydrogen) atoms. The Labute approximate surface area is 216 Å². The van der Waals surface area contributed by atoms with Crippen molar-refractivity contribution in [2.45, 2.75) is 77.5 Å². The van der Waals surface area contributed by atoms with Crippen molar-refractivity contribution in [3.8, 4) is 0 Å². The first kappa shape index (κ1) is 31.4. The fourth-order valence-corrected chi connectivity index (χ4v) is 3.41. The highest BCUT2D eigenvalue weighted by atomic mass is 16.4. The van der Waals surface area contributed by atoms with E-state index in [1.165, 1.54) is 12.5 Å². The van der Waals surface area contributed by atoms with Crippen molar-refractivity contribution in [1.82, 2.24) is 25.9 Å². The molecular formula is C23H41N9O5. The van der Waals surface area contributed by atoms with Gasteiger partial charge in [0, 0.05) is 24.9 Å². The lowest BCUT2D eigenvalue weighted by Gasteiger charge is -2.26. The highest BCUT2D eigenvalue weighted by Gasteiger charge is 2.31. The van der Waals surface area contributed by atoms with Crippen LogP contribution in [0.25, 0.3) is 0 Å². The lowest BCUT2D eigenvalue weighted by Crippen LogP contribution is -2.58. The number of guanidine groups is 1. The van der Waals surface area contributed by atoms with E-state index in [1.807, 2.05) is 13.8 Å². The number of aromatic nitrogens is 2. The Bertz CT molecular complexity index is 914. The molecule has 0 saturated heterocycles. The third-order valence-corrected chi connectivity index (χ3v) is 5.53. The molecule has 3 amide bonds. The summed E-state index contributed by atoms with van der Waals surface area (Å²) in [4.78, 5) is 61.3. The van der Waals surface area contributed by atoms with Crippen molar-refractivity contribution >= 4 is 29.7 Å². The zero-order valence-electron chi connectivity index (χ0n) is 21.9. The molecule has 1 heterocycles. The number of amides is 3. The Balaban J connectivity index is 3.10. The van der Waals surface area contributed by atoms with E-state index < -0.39 is 47.9 Å². The minimum absolute atomic E-state index is 0.00970. The highest BCUT2D eigenvalue weighted by molar-refractivity contribution is 5.94. The van der Waals surface area contributed by atoms with Crippen LogP contribution < -0.4 is 33.2 Å². The van der Waals surface area contributed by atoms with Gasteiger partial charge < -0.3 is 43.2 Å². The van der Waals surface area contributed by atoms with Gasteiger partial charge in [-0.3, -0.25) is 19.4 Å². The number of imidazole rings is 1. The number of carboxylic acid groups (broad SMARTS) is 1. The second kappa shape index (κ2) is 15.4. The van der Waals surface area contributed by atoms with Crippen LogP contribution >= 0.6 is 0 Å². The molecule has 0 aromatic carbocycles. The molecule has 4 unspecified atom stereocenters. The van der Waals surface area contributed by atoms with Crippen molar-refractivity contribution in [3.63, 3.8) is 0 Å². The summed E-state index contributed by atoms with van der Waals surface area (Å²) in [7, 11) is 0. The number of H-pyrrole nitrogens is 1. The number of nitrogens with one attached hydrogen (secondary N) is 4. The summed E-state index contributed by atoms with van der Waals surface area (Å²) >= 11 is 0. The Morgan fingerprint density at radius 1 is 1.00 bits per heavy atom. The number of carboxylic acids is 1. The molecule has 0 radical (unpaired) electrons. The van der Waals surface area contributed by atoms with Crippen LogP contribution in [0.5, 0.6) is 0 Å². The van der Waals surface area contributed by atoms with Crippen LogP contribution in [0.4, 0.5) is 0 Å². The van der Waals surface area contributed by atoms with E-state index in [9.17, 15) is 24.3 Å². The Morgan fingerprint density at radius 2 is 1.59 bits per heavy atom. The minimum atomic E-state index is -1.18. The van der Waals surface area contributed by atoms with Crippen LogP contribution in [0.1, 0.15) is 52.7 Å². The molecule has 1 aromatic heterocycles. The average molecular weight is 524 g/mol. The highest BCUT2D eigenvalue weighted by Crippen LogP contribution is 2.08. The minimum Gasteiger partial charge on any atom is -0.480 e. The number of hydrogen-bond acceptors (Lipinski definition) is 7. The number of nitrogens with two attached hydrogens (primary N) is 3. The largest absolute Gasteiger partial charge is 0.480 e. The van der Waals surface area contributed by atoms with Gasteiger partial charge in [-0.1, -0.05) is 27.7 Å². The molecular weight excluding hydrogens is 482 g/mol. The second-order valence-corrected chi connectivity index (χ2v) is 9.65. The molecule has 0 aliphatic carbocycles. The standard InChI is InChI=1S/C23H41N9O5/c1-12(2)8-17(22(36)37)32-19(33)15(6-5-7-28-23(25)26)30-20(34)16(9-14-10-27-11-29-14)31-21(35)18(24)13(3)4/h10-13,15-18H,5-9,24H2,1-4H3,(H,27,29)(H,30,34)(H,31,35)(H,32,33)(H,36,37)(H4,25,26,28). The van der Waals surface area contributed by atoms with E-state index in [0.717, 1.165) is 0 Å². The van der Waals surface area contributed by atoms with Gasteiger partial charge in [-0.15, -0.1) is 0 Å². The van der Waals surface area contributed by atoms with Gasteiger partial charge in [0.05, 0.1) is 12.4 Å². The normalized spacial score (nSPS) is 14.4. The number of rotatable bonds is 16. The van der Waals surface area contributed by atoms with Gasteiger partial charge in [0.1, 0.15) is 18.1 Å². The van der Waals surface area contributed by atoms with Gasteiger partial charge in [0.25, 0.3) is 0 Å². The molecule has 0 bridgehead atoms. The zero-order chi connectivity index (χ0) is 28.1. The smallest absolute Gasteiger partial charge is 0.326 e. The van der Waals surface area contributed by atoms with Crippen molar-refractivity contribution in [1.29, 1.82) is 0 Å². The molecule has 0 spiro atoms.